The minimum absolute atomic E-state index is 0.0820. The maximum atomic E-state index is 12.3. The molecule has 1 aromatic carbocycles. The van der Waals surface area contributed by atoms with E-state index in [-0.39, 0.29) is 23.9 Å². The van der Waals surface area contributed by atoms with Crippen LogP contribution >= 0.6 is 15.9 Å². The van der Waals surface area contributed by atoms with Gasteiger partial charge in [0, 0.05) is 17.1 Å². The quantitative estimate of drug-likeness (QED) is 0.426. The largest absolute Gasteiger partial charge is 0.462 e. The standard InChI is InChI=1S/C16H16BrN3O5/c1-2-25-16(21)13-8-18-19(11-5-6-24-9-11)15(13)12-4-3-10(17)7-14(12)20(22)23/h3-4,7-8,11H,2,5-6,9H2,1H3/t11-/m0/s1. The van der Waals surface area contributed by atoms with Crippen LogP contribution in [-0.4, -0.2) is 40.5 Å². The van der Waals surface area contributed by atoms with Crippen molar-refractivity contribution in [2.75, 3.05) is 19.8 Å². The van der Waals surface area contributed by atoms with Gasteiger partial charge in [-0.2, -0.15) is 5.10 Å². The van der Waals surface area contributed by atoms with Crippen molar-refractivity contribution in [1.29, 1.82) is 0 Å². The van der Waals surface area contributed by atoms with E-state index in [9.17, 15) is 14.9 Å². The van der Waals surface area contributed by atoms with Crippen LogP contribution in [0.25, 0.3) is 11.3 Å². The predicted octanol–water partition coefficient (Wildman–Crippen LogP) is 3.36. The first-order valence-corrected chi connectivity index (χ1v) is 8.59. The number of nitrogens with zero attached hydrogens (tertiary/aromatic N) is 3. The summed E-state index contributed by atoms with van der Waals surface area (Å²) in [5.74, 6) is -0.556. The van der Waals surface area contributed by atoms with Crippen LogP contribution in [0.5, 0.6) is 0 Å². The van der Waals surface area contributed by atoms with Crippen molar-refractivity contribution < 1.29 is 19.2 Å². The second kappa shape index (κ2) is 7.32. The lowest BCUT2D eigenvalue weighted by Gasteiger charge is -2.14. The van der Waals surface area contributed by atoms with Crippen molar-refractivity contribution in [2.45, 2.75) is 19.4 Å². The Balaban J connectivity index is 2.20. The van der Waals surface area contributed by atoms with E-state index < -0.39 is 10.9 Å². The fourth-order valence-electron chi connectivity index (χ4n) is 2.84. The lowest BCUT2D eigenvalue weighted by Crippen LogP contribution is -2.14. The highest BCUT2D eigenvalue weighted by Crippen LogP contribution is 2.37. The lowest BCUT2D eigenvalue weighted by atomic mass is 10.0. The summed E-state index contributed by atoms with van der Waals surface area (Å²) in [6.45, 7) is 2.94. The zero-order valence-corrected chi connectivity index (χ0v) is 15.1. The molecule has 1 atom stereocenters. The molecule has 9 heteroatoms. The summed E-state index contributed by atoms with van der Waals surface area (Å²) >= 11 is 3.25. The van der Waals surface area contributed by atoms with Crippen molar-refractivity contribution in [3.8, 4) is 11.3 Å². The number of esters is 1. The SMILES string of the molecule is CCOC(=O)c1cnn([C@H]2CCOC2)c1-c1ccc(Br)cc1[N+](=O)[O-]. The molecule has 0 amide bonds. The van der Waals surface area contributed by atoms with Crippen molar-refractivity contribution >= 4 is 27.6 Å². The van der Waals surface area contributed by atoms with Crippen molar-refractivity contribution in [1.82, 2.24) is 9.78 Å². The first-order valence-electron chi connectivity index (χ1n) is 7.79. The molecule has 0 N–H and O–H groups in total. The third-order valence-corrected chi connectivity index (χ3v) is 4.45. The summed E-state index contributed by atoms with van der Waals surface area (Å²) in [5, 5.41) is 15.8. The molecule has 8 nitrogen and oxygen atoms in total. The summed E-state index contributed by atoms with van der Waals surface area (Å²) in [7, 11) is 0. The van der Waals surface area contributed by atoms with Crippen molar-refractivity contribution in [3.05, 3.63) is 44.5 Å². The molecule has 1 aliphatic rings. The third kappa shape index (κ3) is 3.42. The summed E-state index contributed by atoms with van der Waals surface area (Å²) in [6, 6.07) is 4.63. The van der Waals surface area contributed by atoms with Gasteiger partial charge in [0.15, 0.2) is 0 Å². The first kappa shape index (κ1) is 17.6. The molecule has 0 saturated carbocycles. The molecule has 0 unspecified atom stereocenters. The van der Waals surface area contributed by atoms with E-state index in [0.717, 1.165) is 6.42 Å². The molecule has 25 heavy (non-hydrogen) atoms. The zero-order valence-electron chi connectivity index (χ0n) is 13.5. The van der Waals surface area contributed by atoms with Gasteiger partial charge in [-0.05, 0) is 25.5 Å². The average molecular weight is 410 g/mol. The number of carbonyl (C=O) groups excluding carboxylic acids is 1. The van der Waals surface area contributed by atoms with Gasteiger partial charge in [-0.15, -0.1) is 0 Å². The smallest absolute Gasteiger partial charge is 0.341 e. The maximum Gasteiger partial charge on any atom is 0.341 e. The molecule has 132 valence electrons. The Morgan fingerprint density at radius 2 is 2.36 bits per heavy atom. The molecule has 0 bridgehead atoms. The van der Waals surface area contributed by atoms with Gasteiger partial charge < -0.3 is 9.47 Å². The second-order valence-electron chi connectivity index (χ2n) is 5.51. The number of hydrogen-bond donors (Lipinski definition) is 0. The van der Waals surface area contributed by atoms with Crippen molar-refractivity contribution in [3.63, 3.8) is 0 Å². The molecular weight excluding hydrogens is 394 g/mol. The topological polar surface area (TPSA) is 96.5 Å². The number of benzene rings is 1. The van der Waals surface area contributed by atoms with Crippen LogP contribution < -0.4 is 0 Å². The predicted molar refractivity (Wildman–Crippen MR) is 92.4 cm³/mol. The highest BCUT2D eigenvalue weighted by Gasteiger charge is 2.30. The van der Waals surface area contributed by atoms with Gasteiger partial charge in [-0.1, -0.05) is 15.9 Å². The van der Waals surface area contributed by atoms with Crippen LogP contribution in [0, 0.1) is 10.1 Å². The Morgan fingerprint density at radius 3 is 3.00 bits per heavy atom. The van der Waals surface area contributed by atoms with E-state index in [1.807, 2.05) is 0 Å². The molecule has 3 rings (SSSR count). The van der Waals surface area contributed by atoms with Gasteiger partial charge in [0.1, 0.15) is 5.56 Å². The number of carbonyl (C=O) groups is 1. The summed E-state index contributed by atoms with van der Waals surface area (Å²) in [6.07, 6.45) is 2.12. The van der Waals surface area contributed by atoms with Crippen LogP contribution in [0.1, 0.15) is 29.7 Å². The Labute approximate surface area is 152 Å². The molecule has 1 saturated heterocycles. The van der Waals surface area contributed by atoms with Gasteiger partial charge in [0.25, 0.3) is 5.69 Å². The van der Waals surface area contributed by atoms with Gasteiger partial charge in [0.05, 0.1) is 41.6 Å². The average Bonchev–Trinajstić information content (AvgIpc) is 3.24. The van der Waals surface area contributed by atoms with Crippen LogP contribution in [0.3, 0.4) is 0 Å². The van der Waals surface area contributed by atoms with Crippen LogP contribution in [-0.2, 0) is 9.47 Å². The molecule has 1 aliphatic heterocycles. The van der Waals surface area contributed by atoms with Gasteiger partial charge in [0.2, 0.25) is 0 Å². The van der Waals surface area contributed by atoms with Gasteiger partial charge in [-0.25, -0.2) is 4.79 Å². The Morgan fingerprint density at radius 1 is 1.56 bits per heavy atom. The van der Waals surface area contributed by atoms with Crippen LogP contribution in [0.4, 0.5) is 5.69 Å². The highest BCUT2D eigenvalue weighted by molar-refractivity contribution is 9.10. The Hall–Kier alpha value is -2.26. The fourth-order valence-corrected chi connectivity index (χ4v) is 3.19. The lowest BCUT2D eigenvalue weighted by molar-refractivity contribution is -0.384. The van der Waals surface area contributed by atoms with Crippen LogP contribution in [0.2, 0.25) is 0 Å². The van der Waals surface area contributed by atoms with E-state index in [1.54, 1.807) is 23.7 Å². The Kier molecular flexibility index (Phi) is 5.14. The molecule has 2 aromatic rings. The molecule has 0 radical (unpaired) electrons. The fraction of sp³-hybridized carbons (Fsp3) is 0.375. The molecule has 1 aromatic heterocycles. The van der Waals surface area contributed by atoms with E-state index in [2.05, 4.69) is 21.0 Å². The number of hydrogen-bond acceptors (Lipinski definition) is 6. The van der Waals surface area contributed by atoms with Gasteiger partial charge in [-0.3, -0.25) is 14.8 Å². The number of nitro groups is 1. The third-order valence-electron chi connectivity index (χ3n) is 3.95. The summed E-state index contributed by atoms with van der Waals surface area (Å²) in [5.41, 5.74) is 0.800. The van der Waals surface area contributed by atoms with Crippen LogP contribution in [0.15, 0.2) is 28.9 Å². The number of rotatable bonds is 5. The maximum absolute atomic E-state index is 12.3. The van der Waals surface area contributed by atoms with E-state index >= 15 is 0 Å². The number of nitro benzene ring substituents is 1. The minimum Gasteiger partial charge on any atom is -0.462 e. The molecule has 2 heterocycles. The molecule has 0 spiro atoms. The molecule has 1 fully saturated rings. The summed E-state index contributed by atoms with van der Waals surface area (Å²) < 4.78 is 12.7. The summed E-state index contributed by atoms with van der Waals surface area (Å²) in [4.78, 5) is 23.4. The molecular formula is C16H16BrN3O5. The second-order valence-corrected chi connectivity index (χ2v) is 6.42. The van der Waals surface area contributed by atoms with E-state index in [0.29, 0.717) is 28.9 Å². The highest BCUT2D eigenvalue weighted by atomic mass is 79.9. The number of halogens is 1. The van der Waals surface area contributed by atoms with E-state index in [1.165, 1.54) is 12.3 Å². The number of aromatic nitrogens is 2. The zero-order chi connectivity index (χ0) is 18.0. The monoisotopic (exact) mass is 409 g/mol. The minimum atomic E-state index is -0.556. The van der Waals surface area contributed by atoms with E-state index in [4.69, 9.17) is 9.47 Å². The van der Waals surface area contributed by atoms with Gasteiger partial charge >= 0.3 is 5.97 Å². The van der Waals surface area contributed by atoms with Crippen molar-refractivity contribution in [2.24, 2.45) is 0 Å². The molecule has 0 aliphatic carbocycles. The Bertz CT molecular complexity index is 814. The number of ether oxygens (including phenoxy) is 2. The normalized spacial score (nSPS) is 16.8. The first-order chi connectivity index (χ1) is 12.0.